The number of amides is 2. The van der Waals surface area contributed by atoms with E-state index < -0.39 is 27.9 Å². The second-order valence-electron chi connectivity index (χ2n) is 5.54. The van der Waals surface area contributed by atoms with Crippen molar-refractivity contribution in [2.75, 3.05) is 20.2 Å². The molecule has 9 nitrogen and oxygen atoms in total. The highest BCUT2D eigenvalue weighted by molar-refractivity contribution is 7.89. The second kappa shape index (κ2) is 9.19. The first kappa shape index (κ1) is 20.5. The summed E-state index contributed by atoms with van der Waals surface area (Å²) in [5.74, 6) is -0.310. The highest BCUT2D eigenvalue weighted by Crippen LogP contribution is 2.14. The van der Waals surface area contributed by atoms with Gasteiger partial charge >= 0.3 is 0 Å². The van der Waals surface area contributed by atoms with Crippen LogP contribution in [-0.4, -0.2) is 46.5 Å². The first-order valence-corrected chi connectivity index (χ1v) is 9.57. The summed E-state index contributed by atoms with van der Waals surface area (Å²) in [7, 11) is -2.20. The van der Waals surface area contributed by atoms with Gasteiger partial charge in [-0.2, -0.15) is 0 Å². The van der Waals surface area contributed by atoms with Gasteiger partial charge in [0.25, 0.3) is 5.91 Å². The molecule has 0 bridgehead atoms. The molecular weight excluding hydrogens is 374 g/mol. The molecule has 0 saturated carbocycles. The first-order valence-electron chi connectivity index (χ1n) is 8.09. The maximum absolute atomic E-state index is 12.2. The number of ether oxygens (including phenoxy) is 1. The molecule has 0 fully saturated rings. The van der Waals surface area contributed by atoms with Crippen LogP contribution in [0.2, 0.25) is 0 Å². The Morgan fingerprint density at radius 2 is 1.85 bits per heavy atom. The third-order valence-corrected chi connectivity index (χ3v) is 5.05. The molecule has 10 heteroatoms. The predicted molar refractivity (Wildman–Crippen MR) is 96.8 cm³/mol. The average molecular weight is 395 g/mol. The summed E-state index contributed by atoms with van der Waals surface area (Å²) in [6, 6.07) is 8.17. The van der Waals surface area contributed by atoms with Gasteiger partial charge in [0, 0.05) is 13.1 Å². The lowest BCUT2D eigenvalue weighted by molar-refractivity contribution is -0.122. The van der Waals surface area contributed by atoms with Crippen LogP contribution in [0, 0.1) is 0 Å². The summed E-state index contributed by atoms with van der Waals surface area (Å²) in [6.07, 6.45) is 1.36. The summed E-state index contributed by atoms with van der Waals surface area (Å²) in [6.45, 7) is 1.58. The van der Waals surface area contributed by atoms with E-state index >= 15 is 0 Å². The Hall–Kier alpha value is -2.85. The van der Waals surface area contributed by atoms with Crippen LogP contribution in [0.5, 0.6) is 5.75 Å². The molecule has 2 rings (SSSR count). The van der Waals surface area contributed by atoms with Gasteiger partial charge in [0.05, 0.1) is 18.3 Å². The molecule has 0 spiro atoms. The van der Waals surface area contributed by atoms with Crippen molar-refractivity contribution in [2.24, 2.45) is 0 Å². The van der Waals surface area contributed by atoms with E-state index in [4.69, 9.17) is 9.15 Å². The monoisotopic (exact) mass is 395 g/mol. The minimum atomic E-state index is -3.69. The minimum Gasteiger partial charge on any atom is -0.497 e. The van der Waals surface area contributed by atoms with Gasteiger partial charge in [0.15, 0.2) is 5.76 Å². The molecule has 0 saturated heterocycles. The molecule has 3 N–H and O–H groups in total. The van der Waals surface area contributed by atoms with E-state index in [1.165, 1.54) is 38.5 Å². The van der Waals surface area contributed by atoms with Crippen molar-refractivity contribution in [2.45, 2.75) is 17.9 Å². The number of methoxy groups -OCH3 is 1. The van der Waals surface area contributed by atoms with Gasteiger partial charge in [0.1, 0.15) is 11.8 Å². The number of hydrogen-bond donors (Lipinski definition) is 3. The average Bonchev–Trinajstić information content (AvgIpc) is 3.20. The van der Waals surface area contributed by atoms with Crippen LogP contribution in [-0.2, 0) is 14.8 Å². The number of furan rings is 1. The fraction of sp³-hybridized carbons (Fsp3) is 0.294. The van der Waals surface area contributed by atoms with Crippen LogP contribution >= 0.6 is 0 Å². The largest absolute Gasteiger partial charge is 0.497 e. The number of sulfonamides is 1. The van der Waals surface area contributed by atoms with Crippen LogP contribution in [0.25, 0.3) is 0 Å². The van der Waals surface area contributed by atoms with E-state index in [9.17, 15) is 18.0 Å². The van der Waals surface area contributed by atoms with E-state index in [0.29, 0.717) is 5.75 Å². The maximum atomic E-state index is 12.2. The Labute approximate surface area is 157 Å². The fourth-order valence-corrected chi connectivity index (χ4v) is 3.14. The zero-order valence-corrected chi connectivity index (χ0v) is 15.7. The van der Waals surface area contributed by atoms with Gasteiger partial charge < -0.3 is 19.8 Å². The lowest BCUT2D eigenvalue weighted by Crippen LogP contribution is -2.46. The Morgan fingerprint density at radius 1 is 1.15 bits per heavy atom. The molecule has 0 aliphatic carbocycles. The highest BCUT2D eigenvalue weighted by atomic mass is 32.2. The van der Waals surface area contributed by atoms with E-state index in [-0.39, 0.29) is 23.7 Å². The zero-order chi connectivity index (χ0) is 19.9. The summed E-state index contributed by atoms with van der Waals surface area (Å²) < 4.78 is 36.6. The lowest BCUT2D eigenvalue weighted by atomic mass is 10.3. The van der Waals surface area contributed by atoms with Crippen molar-refractivity contribution >= 4 is 21.8 Å². The SMILES string of the molecule is COc1ccc(S(=O)(=O)NCCNC(=O)C(C)NC(=O)c2ccco2)cc1. The molecule has 1 aromatic heterocycles. The molecule has 0 radical (unpaired) electrons. The molecule has 146 valence electrons. The van der Waals surface area contributed by atoms with Gasteiger partial charge in [-0.15, -0.1) is 0 Å². The number of benzene rings is 1. The molecule has 27 heavy (non-hydrogen) atoms. The van der Waals surface area contributed by atoms with E-state index in [1.807, 2.05) is 0 Å². The van der Waals surface area contributed by atoms with Gasteiger partial charge in [0.2, 0.25) is 15.9 Å². The minimum absolute atomic E-state index is 0.00104. The molecule has 0 aliphatic rings. The van der Waals surface area contributed by atoms with Crippen molar-refractivity contribution in [3.8, 4) is 5.75 Å². The fourth-order valence-electron chi connectivity index (χ4n) is 2.10. The Kier molecular flexibility index (Phi) is 6.97. The van der Waals surface area contributed by atoms with E-state index in [2.05, 4.69) is 15.4 Å². The number of hydrogen-bond acceptors (Lipinski definition) is 6. The first-order chi connectivity index (χ1) is 12.8. The Bertz CT molecular complexity index is 863. The lowest BCUT2D eigenvalue weighted by Gasteiger charge is -2.13. The molecule has 2 amide bonds. The van der Waals surface area contributed by atoms with Crippen LogP contribution in [0.3, 0.4) is 0 Å². The normalized spacial score (nSPS) is 12.2. The van der Waals surface area contributed by atoms with Crippen LogP contribution < -0.4 is 20.1 Å². The third-order valence-electron chi connectivity index (χ3n) is 3.57. The Morgan fingerprint density at radius 3 is 2.44 bits per heavy atom. The molecule has 1 aromatic carbocycles. The predicted octanol–water partition coefficient (Wildman–Crippen LogP) is 0.501. The smallest absolute Gasteiger partial charge is 0.287 e. The summed E-state index contributed by atoms with van der Waals surface area (Å²) in [5, 5.41) is 5.02. The summed E-state index contributed by atoms with van der Waals surface area (Å²) >= 11 is 0. The molecule has 1 heterocycles. The topological polar surface area (TPSA) is 127 Å². The molecule has 1 atom stereocenters. The third kappa shape index (κ3) is 5.83. The van der Waals surface area contributed by atoms with Crippen molar-refractivity contribution in [1.82, 2.24) is 15.4 Å². The van der Waals surface area contributed by atoms with Gasteiger partial charge in [-0.25, -0.2) is 13.1 Å². The number of rotatable bonds is 9. The van der Waals surface area contributed by atoms with Crippen molar-refractivity contribution in [3.63, 3.8) is 0 Å². The molecule has 2 aromatic rings. The molecule has 1 unspecified atom stereocenters. The maximum Gasteiger partial charge on any atom is 0.287 e. The quantitative estimate of drug-likeness (QED) is 0.531. The molecular formula is C17H21N3O6S. The second-order valence-corrected chi connectivity index (χ2v) is 7.30. The van der Waals surface area contributed by atoms with Crippen LogP contribution in [0.4, 0.5) is 0 Å². The van der Waals surface area contributed by atoms with Crippen LogP contribution in [0.1, 0.15) is 17.5 Å². The van der Waals surface area contributed by atoms with Gasteiger partial charge in [-0.3, -0.25) is 9.59 Å². The van der Waals surface area contributed by atoms with Gasteiger partial charge in [-0.05, 0) is 43.3 Å². The zero-order valence-electron chi connectivity index (χ0n) is 14.9. The van der Waals surface area contributed by atoms with Crippen molar-refractivity contribution in [3.05, 3.63) is 48.4 Å². The summed E-state index contributed by atoms with van der Waals surface area (Å²) in [4.78, 5) is 23.9. The van der Waals surface area contributed by atoms with Gasteiger partial charge in [-0.1, -0.05) is 0 Å². The van der Waals surface area contributed by atoms with E-state index in [1.54, 1.807) is 18.2 Å². The van der Waals surface area contributed by atoms with Crippen LogP contribution in [0.15, 0.2) is 52.0 Å². The number of nitrogens with one attached hydrogen (secondary N) is 3. The van der Waals surface area contributed by atoms with Crippen molar-refractivity contribution in [1.29, 1.82) is 0 Å². The highest BCUT2D eigenvalue weighted by Gasteiger charge is 2.18. The molecule has 0 aliphatic heterocycles. The standard InChI is InChI=1S/C17H21N3O6S/c1-12(20-17(22)15-4-3-11-26-15)16(21)18-9-10-19-27(23,24)14-7-5-13(25-2)6-8-14/h3-8,11-12,19H,9-10H2,1-2H3,(H,18,21)(H,20,22). The van der Waals surface area contributed by atoms with E-state index in [0.717, 1.165) is 0 Å². The summed E-state index contributed by atoms with van der Waals surface area (Å²) in [5.41, 5.74) is 0. The Balaban J connectivity index is 1.76. The number of carbonyl (C=O) groups is 2. The number of carbonyl (C=O) groups excluding carboxylic acids is 2. The van der Waals surface area contributed by atoms with Crippen molar-refractivity contribution < 1.29 is 27.2 Å².